The number of hydrogen-bond donors (Lipinski definition) is 1. The van der Waals surface area contributed by atoms with Gasteiger partial charge in [-0.05, 0) is 37.6 Å². The number of aliphatic hydroxyl groups excluding tert-OH is 1. The van der Waals surface area contributed by atoms with Gasteiger partial charge in [-0.1, -0.05) is 6.07 Å². The molecule has 1 amide bonds. The summed E-state index contributed by atoms with van der Waals surface area (Å²) in [5, 5.41) is 10.2. The van der Waals surface area contributed by atoms with E-state index in [1.165, 1.54) is 0 Å². The number of fused-ring (bicyclic) bond motifs is 1. The third kappa shape index (κ3) is 3.70. The molecule has 0 saturated carbocycles. The fourth-order valence-corrected chi connectivity index (χ4v) is 2.03. The fourth-order valence-electron chi connectivity index (χ4n) is 2.03. The maximum atomic E-state index is 12.3. The number of carbonyl (C=O) groups excluding carboxylic acids is 1. The molecular formula is C16H20N2O3. The molecule has 21 heavy (non-hydrogen) atoms. The number of methoxy groups -OCH3 is 1. The summed E-state index contributed by atoms with van der Waals surface area (Å²) in [6.07, 6.45) is 0.129. The summed E-state index contributed by atoms with van der Waals surface area (Å²) in [6.45, 7) is 2.21. The van der Waals surface area contributed by atoms with Crippen LogP contribution in [0.2, 0.25) is 0 Å². The van der Waals surface area contributed by atoms with Crippen LogP contribution in [0.4, 0.5) is 0 Å². The second-order valence-corrected chi connectivity index (χ2v) is 5.12. The van der Waals surface area contributed by atoms with Crippen LogP contribution in [0, 0.1) is 0 Å². The lowest BCUT2D eigenvalue weighted by atomic mass is 10.2. The molecule has 0 aliphatic carbocycles. The Morgan fingerprint density at radius 3 is 2.81 bits per heavy atom. The van der Waals surface area contributed by atoms with E-state index >= 15 is 0 Å². The van der Waals surface area contributed by atoms with Crippen LogP contribution in [0.25, 0.3) is 10.9 Å². The van der Waals surface area contributed by atoms with Gasteiger partial charge in [-0.25, -0.2) is 4.98 Å². The number of hydrogen-bond acceptors (Lipinski definition) is 4. The smallest absolute Gasteiger partial charge is 0.272 e. The van der Waals surface area contributed by atoms with Crippen LogP contribution >= 0.6 is 0 Å². The maximum absolute atomic E-state index is 12.3. The largest absolute Gasteiger partial charge is 0.497 e. The average Bonchev–Trinajstić information content (AvgIpc) is 2.50. The van der Waals surface area contributed by atoms with Gasteiger partial charge in [0.05, 0.1) is 18.7 Å². The zero-order valence-electron chi connectivity index (χ0n) is 12.5. The van der Waals surface area contributed by atoms with Crippen molar-refractivity contribution in [3.05, 3.63) is 36.0 Å². The Hall–Kier alpha value is -2.14. The number of nitrogens with zero attached hydrogens (tertiary/aromatic N) is 2. The van der Waals surface area contributed by atoms with Gasteiger partial charge in [-0.15, -0.1) is 0 Å². The first-order valence-corrected chi connectivity index (χ1v) is 6.89. The van der Waals surface area contributed by atoms with Crippen LogP contribution in [0.5, 0.6) is 5.75 Å². The molecular weight excluding hydrogens is 268 g/mol. The van der Waals surface area contributed by atoms with Crippen molar-refractivity contribution in [3.63, 3.8) is 0 Å². The number of ether oxygens (including phenoxy) is 1. The fraction of sp³-hybridized carbons (Fsp3) is 0.375. The van der Waals surface area contributed by atoms with E-state index in [4.69, 9.17) is 4.74 Å². The lowest BCUT2D eigenvalue weighted by molar-refractivity contribution is 0.0763. The van der Waals surface area contributed by atoms with Crippen molar-refractivity contribution in [1.29, 1.82) is 0 Å². The van der Waals surface area contributed by atoms with Gasteiger partial charge < -0.3 is 14.7 Å². The number of rotatable bonds is 5. The third-order valence-electron chi connectivity index (χ3n) is 3.34. The van der Waals surface area contributed by atoms with Crippen molar-refractivity contribution in [3.8, 4) is 5.75 Å². The summed E-state index contributed by atoms with van der Waals surface area (Å²) in [5.41, 5.74) is 1.16. The summed E-state index contributed by atoms with van der Waals surface area (Å²) in [6, 6.07) is 9.11. The molecule has 1 aromatic heterocycles. The van der Waals surface area contributed by atoms with Crippen LogP contribution in [0.1, 0.15) is 23.8 Å². The molecule has 0 spiro atoms. The topological polar surface area (TPSA) is 62.7 Å². The molecule has 0 aliphatic heterocycles. The Morgan fingerprint density at radius 1 is 1.38 bits per heavy atom. The Bertz CT molecular complexity index is 640. The van der Waals surface area contributed by atoms with E-state index in [2.05, 4.69) is 4.98 Å². The molecule has 0 saturated heterocycles. The van der Waals surface area contributed by atoms with Gasteiger partial charge in [0.25, 0.3) is 5.91 Å². The lowest BCUT2D eigenvalue weighted by Crippen LogP contribution is -2.30. The van der Waals surface area contributed by atoms with Crippen LogP contribution < -0.4 is 4.74 Å². The first-order valence-electron chi connectivity index (χ1n) is 6.89. The lowest BCUT2D eigenvalue weighted by Gasteiger charge is -2.17. The number of carbonyl (C=O) groups is 1. The van der Waals surface area contributed by atoms with E-state index in [1.54, 1.807) is 32.0 Å². The summed E-state index contributed by atoms with van der Waals surface area (Å²) in [5.74, 6) is 0.616. The van der Waals surface area contributed by atoms with Gasteiger partial charge in [-0.2, -0.15) is 0 Å². The summed E-state index contributed by atoms with van der Waals surface area (Å²) in [7, 11) is 3.33. The molecule has 0 fully saturated rings. The highest BCUT2D eigenvalue weighted by Crippen LogP contribution is 2.19. The van der Waals surface area contributed by atoms with Gasteiger partial charge in [0.1, 0.15) is 11.4 Å². The average molecular weight is 288 g/mol. The summed E-state index contributed by atoms with van der Waals surface area (Å²) >= 11 is 0. The van der Waals surface area contributed by atoms with E-state index in [1.807, 2.05) is 24.3 Å². The minimum atomic E-state index is -0.419. The van der Waals surface area contributed by atoms with E-state index in [0.29, 0.717) is 18.7 Å². The molecule has 0 bridgehead atoms. The summed E-state index contributed by atoms with van der Waals surface area (Å²) in [4.78, 5) is 18.2. The molecule has 1 heterocycles. The minimum Gasteiger partial charge on any atom is -0.497 e. The predicted octanol–water partition coefficient (Wildman–Crippen LogP) is 2.09. The van der Waals surface area contributed by atoms with Crippen molar-refractivity contribution >= 4 is 16.8 Å². The number of amides is 1. The van der Waals surface area contributed by atoms with E-state index in [0.717, 1.165) is 16.7 Å². The quantitative estimate of drug-likeness (QED) is 0.915. The normalized spacial score (nSPS) is 12.2. The molecule has 1 N–H and O–H groups in total. The molecule has 2 rings (SSSR count). The van der Waals surface area contributed by atoms with Gasteiger partial charge >= 0.3 is 0 Å². The van der Waals surface area contributed by atoms with Crippen LogP contribution in [0.3, 0.4) is 0 Å². The molecule has 2 aromatic rings. The first-order chi connectivity index (χ1) is 10.0. The minimum absolute atomic E-state index is 0.145. The predicted molar refractivity (Wildman–Crippen MR) is 81.6 cm³/mol. The van der Waals surface area contributed by atoms with Crippen molar-refractivity contribution < 1.29 is 14.6 Å². The third-order valence-corrected chi connectivity index (χ3v) is 3.34. The molecule has 1 aromatic carbocycles. The highest BCUT2D eigenvalue weighted by atomic mass is 16.5. The standard InChI is InChI=1S/C16H20N2O3/c1-11(19)8-9-18(2)16(20)15-6-4-12-10-13(21-3)5-7-14(12)17-15/h4-7,10-11,19H,8-9H2,1-3H3. The first kappa shape index (κ1) is 15.3. The molecule has 5 heteroatoms. The van der Waals surface area contributed by atoms with Gasteiger partial charge in [0.2, 0.25) is 0 Å². The Labute approximate surface area is 124 Å². The van der Waals surface area contributed by atoms with E-state index < -0.39 is 6.10 Å². The molecule has 0 radical (unpaired) electrons. The Balaban J connectivity index is 2.20. The van der Waals surface area contributed by atoms with Gasteiger partial charge in [-0.3, -0.25) is 4.79 Å². The number of benzene rings is 1. The number of pyridine rings is 1. The zero-order valence-corrected chi connectivity index (χ0v) is 12.5. The Kier molecular flexibility index (Phi) is 4.75. The highest BCUT2D eigenvalue weighted by Gasteiger charge is 2.14. The van der Waals surface area contributed by atoms with Crippen molar-refractivity contribution in [2.75, 3.05) is 20.7 Å². The van der Waals surface area contributed by atoms with Crippen LogP contribution in [-0.2, 0) is 0 Å². The van der Waals surface area contributed by atoms with Gasteiger partial charge in [0, 0.05) is 19.0 Å². The van der Waals surface area contributed by atoms with E-state index in [-0.39, 0.29) is 5.91 Å². The van der Waals surface area contributed by atoms with Gasteiger partial charge in [0.15, 0.2) is 0 Å². The SMILES string of the molecule is COc1ccc2nc(C(=O)N(C)CCC(C)O)ccc2c1. The summed E-state index contributed by atoms with van der Waals surface area (Å²) < 4.78 is 5.17. The maximum Gasteiger partial charge on any atom is 0.272 e. The second-order valence-electron chi connectivity index (χ2n) is 5.12. The van der Waals surface area contributed by atoms with Crippen LogP contribution in [-0.4, -0.2) is 47.7 Å². The molecule has 5 nitrogen and oxygen atoms in total. The van der Waals surface area contributed by atoms with Crippen LogP contribution in [0.15, 0.2) is 30.3 Å². The molecule has 1 atom stereocenters. The zero-order chi connectivity index (χ0) is 15.4. The number of aliphatic hydroxyl groups is 1. The molecule has 1 unspecified atom stereocenters. The van der Waals surface area contributed by atoms with Crippen molar-refractivity contribution in [1.82, 2.24) is 9.88 Å². The monoisotopic (exact) mass is 288 g/mol. The number of aromatic nitrogens is 1. The van der Waals surface area contributed by atoms with Crippen molar-refractivity contribution in [2.45, 2.75) is 19.4 Å². The highest BCUT2D eigenvalue weighted by molar-refractivity contribution is 5.94. The van der Waals surface area contributed by atoms with E-state index in [9.17, 15) is 9.90 Å². The second kappa shape index (κ2) is 6.54. The van der Waals surface area contributed by atoms with Crippen molar-refractivity contribution in [2.24, 2.45) is 0 Å². The Morgan fingerprint density at radius 2 is 2.14 bits per heavy atom. The molecule has 0 aliphatic rings. The molecule has 112 valence electrons.